The lowest BCUT2D eigenvalue weighted by molar-refractivity contribution is -0.122. The van der Waals surface area contributed by atoms with Gasteiger partial charge in [-0.3, -0.25) is 9.69 Å². The molecule has 0 fully saturated rings. The van der Waals surface area contributed by atoms with Gasteiger partial charge in [0.05, 0.1) is 19.3 Å². The minimum absolute atomic E-state index is 0.0244. The molecule has 0 saturated carbocycles. The first-order chi connectivity index (χ1) is 9.11. The van der Waals surface area contributed by atoms with Crippen molar-refractivity contribution in [2.45, 2.75) is 12.5 Å². The lowest BCUT2D eigenvalue weighted by Crippen LogP contribution is -2.40. The molecule has 19 heavy (non-hydrogen) atoms. The molecule has 1 aromatic heterocycles. The smallest absolute Gasteiger partial charge is 0.234 e. The Morgan fingerprint density at radius 1 is 1.63 bits per heavy atom. The highest BCUT2D eigenvalue weighted by Crippen LogP contribution is 2.07. The second kappa shape index (κ2) is 9.03. The number of amides is 1. The molecular weight excluding hydrogens is 264 g/mol. The van der Waals surface area contributed by atoms with E-state index in [9.17, 15) is 9.90 Å². The van der Waals surface area contributed by atoms with Crippen molar-refractivity contribution in [1.29, 1.82) is 0 Å². The zero-order valence-electron chi connectivity index (χ0n) is 11.5. The van der Waals surface area contributed by atoms with Crippen molar-refractivity contribution in [3.05, 3.63) is 22.4 Å². The van der Waals surface area contributed by atoms with Crippen molar-refractivity contribution < 1.29 is 14.6 Å². The quantitative estimate of drug-likeness (QED) is 0.687. The van der Waals surface area contributed by atoms with E-state index in [1.807, 2.05) is 11.4 Å². The van der Waals surface area contributed by atoms with Crippen LogP contribution in [0.25, 0.3) is 0 Å². The summed E-state index contributed by atoms with van der Waals surface area (Å²) < 4.78 is 4.84. The number of rotatable bonds is 9. The predicted molar refractivity (Wildman–Crippen MR) is 76.4 cm³/mol. The summed E-state index contributed by atoms with van der Waals surface area (Å²) in [7, 11) is 3.35. The monoisotopic (exact) mass is 286 g/mol. The Morgan fingerprint density at radius 3 is 3.05 bits per heavy atom. The van der Waals surface area contributed by atoms with Gasteiger partial charge in [0, 0.05) is 25.1 Å². The van der Waals surface area contributed by atoms with E-state index in [4.69, 9.17) is 4.74 Å². The Bertz CT molecular complexity index is 357. The van der Waals surface area contributed by atoms with Crippen molar-refractivity contribution in [1.82, 2.24) is 10.2 Å². The average Bonchev–Trinajstić information content (AvgIpc) is 2.81. The topological polar surface area (TPSA) is 61.8 Å². The van der Waals surface area contributed by atoms with E-state index < -0.39 is 6.10 Å². The Labute approximate surface area is 118 Å². The van der Waals surface area contributed by atoms with E-state index >= 15 is 0 Å². The van der Waals surface area contributed by atoms with E-state index in [2.05, 4.69) is 11.4 Å². The van der Waals surface area contributed by atoms with Crippen LogP contribution in [0.2, 0.25) is 0 Å². The van der Waals surface area contributed by atoms with Gasteiger partial charge in [0.1, 0.15) is 0 Å². The van der Waals surface area contributed by atoms with Crippen LogP contribution in [0.15, 0.2) is 17.5 Å². The second-order valence-electron chi connectivity index (χ2n) is 4.49. The van der Waals surface area contributed by atoms with Crippen LogP contribution in [0.1, 0.15) is 4.88 Å². The van der Waals surface area contributed by atoms with Crippen molar-refractivity contribution in [2.24, 2.45) is 0 Å². The first kappa shape index (κ1) is 16.1. The van der Waals surface area contributed by atoms with Gasteiger partial charge in [0.25, 0.3) is 0 Å². The van der Waals surface area contributed by atoms with Gasteiger partial charge in [-0.2, -0.15) is 0 Å². The lowest BCUT2D eigenvalue weighted by atomic mass is 10.3. The molecule has 1 unspecified atom stereocenters. The molecule has 0 bridgehead atoms. The first-order valence-corrected chi connectivity index (χ1v) is 7.14. The average molecular weight is 286 g/mol. The SMILES string of the molecule is COCC(O)CN(C)CC(=O)NCCc1cccs1. The Kier molecular flexibility index (Phi) is 7.66. The minimum Gasteiger partial charge on any atom is -0.389 e. The number of aliphatic hydroxyl groups excluding tert-OH is 1. The van der Waals surface area contributed by atoms with E-state index in [0.717, 1.165) is 6.42 Å². The lowest BCUT2D eigenvalue weighted by Gasteiger charge is -2.19. The molecule has 0 radical (unpaired) electrons. The van der Waals surface area contributed by atoms with Gasteiger partial charge in [-0.25, -0.2) is 0 Å². The van der Waals surface area contributed by atoms with Crippen LogP contribution in [0, 0.1) is 0 Å². The van der Waals surface area contributed by atoms with Crippen molar-refractivity contribution in [2.75, 3.05) is 40.4 Å². The number of likely N-dealkylation sites (N-methyl/N-ethyl adjacent to an activating group) is 1. The molecule has 0 spiro atoms. The summed E-state index contributed by atoms with van der Waals surface area (Å²) in [6.45, 7) is 1.63. The van der Waals surface area contributed by atoms with Gasteiger partial charge in [-0.1, -0.05) is 6.07 Å². The highest BCUT2D eigenvalue weighted by Gasteiger charge is 2.11. The van der Waals surface area contributed by atoms with Crippen LogP contribution >= 0.6 is 11.3 Å². The van der Waals surface area contributed by atoms with Gasteiger partial charge in [0.2, 0.25) is 5.91 Å². The van der Waals surface area contributed by atoms with Crippen LogP contribution < -0.4 is 5.32 Å². The van der Waals surface area contributed by atoms with E-state index in [-0.39, 0.29) is 19.1 Å². The molecule has 1 atom stereocenters. The molecule has 108 valence electrons. The molecule has 1 amide bonds. The third-order valence-electron chi connectivity index (χ3n) is 2.57. The number of hydrogen-bond donors (Lipinski definition) is 2. The summed E-state index contributed by atoms with van der Waals surface area (Å²) in [5.41, 5.74) is 0. The number of aliphatic hydroxyl groups is 1. The molecule has 1 heterocycles. The maximum atomic E-state index is 11.7. The number of nitrogens with one attached hydrogen (secondary N) is 1. The Hall–Kier alpha value is -0.950. The fourth-order valence-corrected chi connectivity index (χ4v) is 2.46. The summed E-state index contributed by atoms with van der Waals surface area (Å²) in [5, 5.41) is 14.4. The largest absolute Gasteiger partial charge is 0.389 e. The molecule has 6 heteroatoms. The summed E-state index contributed by atoms with van der Waals surface area (Å²) in [6, 6.07) is 4.07. The predicted octanol–water partition coefficient (Wildman–Crippen LogP) is 0.346. The number of carbonyl (C=O) groups is 1. The molecular formula is C13H22N2O3S. The summed E-state index contributed by atoms with van der Waals surface area (Å²) >= 11 is 1.69. The molecule has 5 nitrogen and oxygen atoms in total. The molecule has 0 aliphatic carbocycles. The third kappa shape index (κ3) is 7.27. The van der Waals surface area contributed by atoms with Gasteiger partial charge >= 0.3 is 0 Å². The van der Waals surface area contributed by atoms with Gasteiger partial charge in [-0.05, 0) is 24.9 Å². The number of hydrogen-bond acceptors (Lipinski definition) is 5. The minimum atomic E-state index is -0.561. The molecule has 0 aromatic carbocycles. The molecule has 0 aliphatic rings. The third-order valence-corrected chi connectivity index (χ3v) is 3.50. The van der Waals surface area contributed by atoms with E-state index in [0.29, 0.717) is 13.1 Å². The normalized spacial score (nSPS) is 12.6. The Balaban J connectivity index is 2.12. The standard InChI is InChI=1S/C13H22N2O3S/c1-15(8-11(16)10-18-2)9-13(17)14-6-5-12-4-3-7-19-12/h3-4,7,11,16H,5-6,8-10H2,1-2H3,(H,14,17). The van der Waals surface area contributed by atoms with Crippen LogP contribution in [-0.2, 0) is 16.0 Å². The zero-order valence-corrected chi connectivity index (χ0v) is 12.3. The molecule has 2 N–H and O–H groups in total. The fourth-order valence-electron chi connectivity index (χ4n) is 1.75. The van der Waals surface area contributed by atoms with E-state index in [1.54, 1.807) is 30.4 Å². The molecule has 1 rings (SSSR count). The first-order valence-electron chi connectivity index (χ1n) is 6.26. The van der Waals surface area contributed by atoms with Gasteiger partial charge in [0.15, 0.2) is 0 Å². The van der Waals surface area contributed by atoms with Crippen molar-refractivity contribution >= 4 is 17.2 Å². The molecule has 0 saturated heterocycles. The number of thiophene rings is 1. The summed E-state index contributed by atoms with van der Waals surface area (Å²) in [6.07, 6.45) is 0.299. The van der Waals surface area contributed by atoms with Crippen LogP contribution in [-0.4, -0.2) is 62.4 Å². The van der Waals surface area contributed by atoms with Crippen LogP contribution in [0.4, 0.5) is 0 Å². The maximum Gasteiger partial charge on any atom is 0.234 e. The summed E-state index contributed by atoms with van der Waals surface area (Å²) in [5.74, 6) is -0.0244. The molecule has 1 aromatic rings. The van der Waals surface area contributed by atoms with Crippen LogP contribution in [0.5, 0.6) is 0 Å². The van der Waals surface area contributed by atoms with E-state index in [1.165, 1.54) is 4.88 Å². The summed E-state index contributed by atoms with van der Waals surface area (Å²) in [4.78, 5) is 14.7. The maximum absolute atomic E-state index is 11.7. The number of ether oxygens (including phenoxy) is 1. The number of methoxy groups -OCH3 is 1. The highest BCUT2D eigenvalue weighted by molar-refractivity contribution is 7.09. The molecule has 0 aliphatic heterocycles. The van der Waals surface area contributed by atoms with Crippen LogP contribution in [0.3, 0.4) is 0 Å². The zero-order chi connectivity index (χ0) is 14.1. The fraction of sp³-hybridized carbons (Fsp3) is 0.615. The Morgan fingerprint density at radius 2 is 2.42 bits per heavy atom. The van der Waals surface area contributed by atoms with Gasteiger partial charge in [-0.15, -0.1) is 11.3 Å². The van der Waals surface area contributed by atoms with Crippen molar-refractivity contribution in [3.8, 4) is 0 Å². The number of carbonyl (C=O) groups excluding carboxylic acids is 1. The number of nitrogens with zero attached hydrogens (tertiary/aromatic N) is 1. The van der Waals surface area contributed by atoms with Crippen molar-refractivity contribution in [3.63, 3.8) is 0 Å². The van der Waals surface area contributed by atoms with Gasteiger partial charge < -0.3 is 15.2 Å². The highest BCUT2D eigenvalue weighted by atomic mass is 32.1. The second-order valence-corrected chi connectivity index (χ2v) is 5.52.